The Balaban J connectivity index is 2.31. The van der Waals surface area contributed by atoms with E-state index in [9.17, 15) is 13.5 Å². The summed E-state index contributed by atoms with van der Waals surface area (Å²) in [4.78, 5) is 0. The van der Waals surface area contributed by atoms with Gasteiger partial charge in [-0.15, -0.1) is 0 Å². The summed E-state index contributed by atoms with van der Waals surface area (Å²) in [6, 6.07) is 0. The molecule has 0 amide bonds. The summed E-state index contributed by atoms with van der Waals surface area (Å²) in [6.45, 7) is 0. The third-order valence-corrected chi connectivity index (χ3v) is 4.38. The van der Waals surface area contributed by atoms with Crippen LogP contribution in [0.15, 0.2) is 0 Å². The van der Waals surface area contributed by atoms with Crippen molar-refractivity contribution in [3.63, 3.8) is 0 Å². The fourth-order valence-electron chi connectivity index (χ4n) is 2.28. The highest BCUT2D eigenvalue weighted by atomic mass is 32.2. The number of ether oxygens (including phenoxy) is 1. The van der Waals surface area contributed by atoms with Crippen LogP contribution >= 0.6 is 0 Å². The highest BCUT2D eigenvalue weighted by Gasteiger charge is 2.32. The van der Waals surface area contributed by atoms with Crippen molar-refractivity contribution < 1.29 is 18.3 Å². The molecular weight excluding hydrogens is 228 g/mol. The van der Waals surface area contributed by atoms with Gasteiger partial charge in [0.2, 0.25) is 0 Å². The Morgan fingerprint density at radius 2 is 1.94 bits per heavy atom. The largest absolute Gasteiger partial charge is 0.390 e. The summed E-state index contributed by atoms with van der Waals surface area (Å²) >= 11 is 0. The van der Waals surface area contributed by atoms with Crippen LogP contribution in [0.2, 0.25) is 0 Å². The molecular formula is C11H22O4S. The molecule has 5 heteroatoms. The van der Waals surface area contributed by atoms with Crippen LogP contribution in [0.1, 0.15) is 38.5 Å². The first-order chi connectivity index (χ1) is 7.35. The first-order valence-electron chi connectivity index (χ1n) is 5.77. The maximum absolute atomic E-state index is 11.0. The van der Waals surface area contributed by atoms with Crippen molar-refractivity contribution in [3.8, 4) is 0 Å². The molecule has 1 N–H and O–H groups in total. The Labute approximate surface area is 97.9 Å². The number of hydrogen-bond acceptors (Lipinski definition) is 4. The monoisotopic (exact) mass is 250 g/mol. The van der Waals surface area contributed by atoms with E-state index in [-0.39, 0.29) is 11.9 Å². The fourth-order valence-corrected chi connectivity index (χ4v) is 2.95. The summed E-state index contributed by atoms with van der Waals surface area (Å²) in [5, 5.41) is 10.2. The van der Waals surface area contributed by atoms with Gasteiger partial charge in [-0.1, -0.05) is 0 Å². The predicted molar refractivity (Wildman–Crippen MR) is 63.2 cm³/mol. The second kappa shape index (κ2) is 5.47. The summed E-state index contributed by atoms with van der Waals surface area (Å²) in [5.74, 6) is 0.170. The molecule has 1 fully saturated rings. The van der Waals surface area contributed by atoms with Crippen molar-refractivity contribution in [2.24, 2.45) is 0 Å². The average Bonchev–Trinajstić information content (AvgIpc) is 2.17. The normalized spacial score (nSPS) is 31.6. The maximum Gasteiger partial charge on any atom is 0.147 e. The van der Waals surface area contributed by atoms with E-state index in [1.807, 2.05) is 0 Å². The lowest BCUT2D eigenvalue weighted by molar-refractivity contribution is -0.0482. The summed E-state index contributed by atoms with van der Waals surface area (Å²) in [7, 11) is -1.21. The van der Waals surface area contributed by atoms with E-state index in [1.165, 1.54) is 6.26 Å². The zero-order valence-corrected chi connectivity index (χ0v) is 10.9. The van der Waals surface area contributed by atoms with Crippen molar-refractivity contribution >= 4 is 9.84 Å². The van der Waals surface area contributed by atoms with Crippen LogP contribution in [0.25, 0.3) is 0 Å². The van der Waals surface area contributed by atoms with Gasteiger partial charge in [-0.2, -0.15) is 0 Å². The molecule has 1 aliphatic rings. The molecule has 0 unspecified atom stereocenters. The van der Waals surface area contributed by atoms with Crippen molar-refractivity contribution in [2.75, 3.05) is 19.1 Å². The van der Waals surface area contributed by atoms with Gasteiger partial charge in [0.1, 0.15) is 9.84 Å². The summed E-state index contributed by atoms with van der Waals surface area (Å²) in [5.41, 5.74) is -0.667. The van der Waals surface area contributed by atoms with Crippen LogP contribution in [0.4, 0.5) is 0 Å². The SMILES string of the molecule is COC1CCC(O)(CCCS(C)(=O)=O)CC1. The number of hydrogen-bond donors (Lipinski definition) is 1. The van der Waals surface area contributed by atoms with E-state index in [0.717, 1.165) is 25.7 Å². The van der Waals surface area contributed by atoms with Crippen molar-refractivity contribution in [1.29, 1.82) is 0 Å². The van der Waals surface area contributed by atoms with E-state index in [0.29, 0.717) is 12.8 Å². The van der Waals surface area contributed by atoms with Crippen LogP contribution < -0.4 is 0 Å². The standard InChI is InChI=1S/C11H22O4S/c1-15-10-4-7-11(12,8-5-10)6-3-9-16(2,13)14/h10,12H,3-9H2,1-2H3. The lowest BCUT2D eigenvalue weighted by atomic mass is 9.80. The van der Waals surface area contributed by atoms with Crippen molar-refractivity contribution in [1.82, 2.24) is 0 Å². The van der Waals surface area contributed by atoms with Gasteiger partial charge < -0.3 is 9.84 Å². The Morgan fingerprint density at radius 3 is 2.38 bits per heavy atom. The predicted octanol–water partition coefficient (Wildman–Crippen LogP) is 1.13. The van der Waals surface area contributed by atoms with Crippen LogP contribution in [-0.2, 0) is 14.6 Å². The number of rotatable bonds is 5. The van der Waals surface area contributed by atoms with E-state index in [2.05, 4.69) is 0 Å². The highest BCUT2D eigenvalue weighted by Crippen LogP contribution is 2.33. The van der Waals surface area contributed by atoms with Crippen LogP contribution in [-0.4, -0.2) is 44.3 Å². The quantitative estimate of drug-likeness (QED) is 0.794. The Hall–Kier alpha value is -0.130. The molecule has 0 heterocycles. The van der Waals surface area contributed by atoms with Gasteiger partial charge in [0.25, 0.3) is 0 Å². The van der Waals surface area contributed by atoms with Gasteiger partial charge >= 0.3 is 0 Å². The van der Waals surface area contributed by atoms with E-state index < -0.39 is 15.4 Å². The van der Waals surface area contributed by atoms with Crippen molar-refractivity contribution in [3.05, 3.63) is 0 Å². The molecule has 96 valence electrons. The molecule has 1 aliphatic carbocycles. The Kier molecular flexibility index (Phi) is 4.76. The molecule has 0 atom stereocenters. The zero-order valence-electron chi connectivity index (χ0n) is 10.1. The smallest absolute Gasteiger partial charge is 0.147 e. The van der Waals surface area contributed by atoms with Gasteiger partial charge in [-0.25, -0.2) is 8.42 Å². The third kappa shape index (κ3) is 4.80. The van der Waals surface area contributed by atoms with Gasteiger partial charge in [0, 0.05) is 19.1 Å². The van der Waals surface area contributed by atoms with Gasteiger partial charge in [-0.05, 0) is 38.5 Å². The molecule has 0 aromatic heterocycles. The molecule has 16 heavy (non-hydrogen) atoms. The number of aliphatic hydroxyl groups is 1. The number of sulfone groups is 1. The Bertz CT molecular complexity index is 302. The van der Waals surface area contributed by atoms with Gasteiger partial charge in [-0.3, -0.25) is 0 Å². The van der Waals surface area contributed by atoms with Crippen LogP contribution in [0.5, 0.6) is 0 Å². The molecule has 0 aliphatic heterocycles. The Morgan fingerprint density at radius 1 is 1.38 bits per heavy atom. The van der Waals surface area contributed by atoms with Gasteiger partial charge in [0.15, 0.2) is 0 Å². The summed E-state index contributed by atoms with van der Waals surface area (Å²) in [6.07, 6.45) is 5.79. The molecule has 0 aromatic rings. The second-order valence-electron chi connectivity index (χ2n) is 4.89. The highest BCUT2D eigenvalue weighted by molar-refractivity contribution is 7.90. The molecule has 1 saturated carbocycles. The molecule has 0 radical (unpaired) electrons. The van der Waals surface area contributed by atoms with E-state index in [1.54, 1.807) is 7.11 Å². The van der Waals surface area contributed by atoms with Crippen molar-refractivity contribution in [2.45, 2.75) is 50.2 Å². The minimum atomic E-state index is -2.90. The molecule has 4 nitrogen and oxygen atoms in total. The first-order valence-corrected chi connectivity index (χ1v) is 7.84. The lowest BCUT2D eigenvalue weighted by Crippen LogP contribution is -2.36. The molecule has 0 aromatic carbocycles. The molecule has 0 bridgehead atoms. The fraction of sp³-hybridized carbons (Fsp3) is 1.00. The molecule has 0 saturated heterocycles. The summed E-state index contributed by atoms with van der Waals surface area (Å²) < 4.78 is 27.2. The minimum Gasteiger partial charge on any atom is -0.390 e. The second-order valence-corrected chi connectivity index (χ2v) is 7.15. The first kappa shape index (κ1) is 13.9. The number of methoxy groups -OCH3 is 1. The van der Waals surface area contributed by atoms with E-state index >= 15 is 0 Å². The van der Waals surface area contributed by atoms with E-state index in [4.69, 9.17) is 4.74 Å². The zero-order chi connectivity index (χ0) is 12.2. The third-order valence-electron chi connectivity index (χ3n) is 3.35. The maximum atomic E-state index is 11.0. The van der Waals surface area contributed by atoms with Gasteiger partial charge in [0.05, 0.1) is 11.7 Å². The molecule has 1 rings (SSSR count). The minimum absolute atomic E-state index is 0.170. The molecule has 0 spiro atoms. The average molecular weight is 250 g/mol. The van der Waals surface area contributed by atoms with Crippen LogP contribution in [0, 0.1) is 0 Å². The lowest BCUT2D eigenvalue weighted by Gasteiger charge is -2.35. The van der Waals surface area contributed by atoms with Crippen LogP contribution in [0.3, 0.4) is 0 Å². The topological polar surface area (TPSA) is 63.6 Å².